The van der Waals surface area contributed by atoms with E-state index in [0.29, 0.717) is 13.1 Å². The highest BCUT2D eigenvalue weighted by Gasteiger charge is 2.35. The Labute approximate surface area is 176 Å². The Morgan fingerprint density at radius 2 is 1.87 bits per heavy atom. The number of carbonyl (C=O) groups is 3. The van der Waals surface area contributed by atoms with Crippen LogP contribution >= 0.6 is 0 Å². The summed E-state index contributed by atoms with van der Waals surface area (Å²) in [5.74, 6) is -1.42. The van der Waals surface area contributed by atoms with Crippen molar-refractivity contribution >= 4 is 23.5 Å². The molecule has 0 aromatic heterocycles. The molecule has 30 heavy (non-hydrogen) atoms. The van der Waals surface area contributed by atoms with Crippen LogP contribution in [0.4, 0.5) is 5.69 Å². The van der Waals surface area contributed by atoms with E-state index in [-0.39, 0.29) is 24.8 Å². The molecule has 4 rings (SSSR count). The van der Waals surface area contributed by atoms with E-state index >= 15 is 0 Å². The first-order valence-electron chi connectivity index (χ1n) is 10.5. The number of hydrogen-bond acceptors (Lipinski definition) is 4. The van der Waals surface area contributed by atoms with Crippen molar-refractivity contribution in [2.24, 2.45) is 5.92 Å². The monoisotopic (exact) mass is 406 g/mol. The molecule has 1 heterocycles. The highest BCUT2D eigenvalue weighted by atomic mass is 16.5. The van der Waals surface area contributed by atoms with Crippen molar-refractivity contribution in [3.63, 3.8) is 0 Å². The number of likely N-dealkylation sites (tertiary alicyclic amines) is 1. The number of rotatable bonds is 7. The molecule has 0 spiro atoms. The summed E-state index contributed by atoms with van der Waals surface area (Å²) in [5.41, 5.74) is 4.48. The number of nitrogens with one attached hydrogen (secondary N) is 1. The minimum absolute atomic E-state index is 0.0459. The zero-order valence-electron chi connectivity index (χ0n) is 16.9. The van der Waals surface area contributed by atoms with Gasteiger partial charge in [-0.1, -0.05) is 36.4 Å². The number of esters is 1. The Kier molecular flexibility index (Phi) is 6.12. The van der Waals surface area contributed by atoms with Crippen LogP contribution in [0.5, 0.6) is 0 Å². The van der Waals surface area contributed by atoms with Crippen molar-refractivity contribution < 1.29 is 19.1 Å². The molecule has 0 radical (unpaired) electrons. The number of hydrogen-bond donors (Lipinski definition) is 1. The first-order valence-corrected chi connectivity index (χ1v) is 10.5. The molecule has 1 N–H and O–H groups in total. The predicted octanol–water partition coefficient (Wildman–Crippen LogP) is 2.75. The fraction of sp³-hybridized carbons (Fsp3) is 0.375. The summed E-state index contributed by atoms with van der Waals surface area (Å²) >= 11 is 0. The van der Waals surface area contributed by atoms with E-state index in [1.807, 2.05) is 48.5 Å². The van der Waals surface area contributed by atoms with Gasteiger partial charge in [-0.15, -0.1) is 0 Å². The van der Waals surface area contributed by atoms with Crippen LogP contribution in [0.2, 0.25) is 0 Å². The van der Waals surface area contributed by atoms with Gasteiger partial charge in [0.15, 0.2) is 6.61 Å². The van der Waals surface area contributed by atoms with Crippen LogP contribution in [0.1, 0.15) is 29.5 Å². The lowest BCUT2D eigenvalue weighted by Crippen LogP contribution is -2.29. The van der Waals surface area contributed by atoms with Gasteiger partial charge >= 0.3 is 5.97 Å². The van der Waals surface area contributed by atoms with Crippen LogP contribution in [0.25, 0.3) is 0 Å². The van der Waals surface area contributed by atoms with Gasteiger partial charge in [0.25, 0.3) is 5.91 Å². The molecule has 1 atom stereocenters. The standard InChI is InChI=1S/C24H26N2O4/c27-22(25-21-10-9-18-7-4-8-19(18)13-21)16-30-24(29)20-14-23(28)26(15-20)12-11-17-5-2-1-3-6-17/h1-3,5-6,9-10,13,20H,4,7-8,11-12,14-16H2,(H,25,27). The lowest BCUT2D eigenvalue weighted by Gasteiger charge is -2.16. The van der Waals surface area contributed by atoms with Gasteiger partial charge in [-0.2, -0.15) is 0 Å². The average molecular weight is 406 g/mol. The number of amides is 2. The molecular weight excluding hydrogens is 380 g/mol. The van der Waals surface area contributed by atoms with E-state index in [4.69, 9.17) is 4.74 Å². The van der Waals surface area contributed by atoms with Gasteiger partial charge in [-0.25, -0.2) is 0 Å². The van der Waals surface area contributed by atoms with Crippen molar-refractivity contribution in [3.8, 4) is 0 Å². The molecule has 2 amide bonds. The van der Waals surface area contributed by atoms with Crippen LogP contribution in [0, 0.1) is 5.92 Å². The Bertz CT molecular complexity index is 941. The highest BCUT2D eigenvalue weighted by Crippen LogP contribution is 2.25. The molecule has 6 heteroatoms. The third-order valence-corrected chi connectivity index (χ3v) is 5.79. The summed E-state index contributed by atoms with van der Waals surface area (Å²) in [5, 5.41) is 2.78. The van der Waals surface area contributed by atoms with Gasteiger partial charge in [-0.05, 0) is 54.5 Å². The molecule has 0 saturated carbocycles. The van der Waals surface area contributed by atoms with Gasteiger partial charge in [0.2, 0.25) is 5.91 Å². The molecule has 2 aliphatic rings. The lowest BCUT2D eigenvalue weighted by molar-refractivity contribution is -0.151. The number of fused-ring (bicyclic) bond motifs is 1. The summed E-state index contributed by atoms with van der Waals surface area (Å²) in [6.45, 7) is 0.576. The second-order valence-electron chi connectivity index (χ2n) is 7.97. The fourth-order valence-electron chi connectivity index (χ4n) is 4.16. The van der Waals surface area contributed by atoms with Crippen molar-refractivity contribution in [1.82, 2.24) is 4.90 Å². The van der Waals surface area contributed by atoms with E-state index in [0.717, 1.165) is 36.9 Å². The Hall–Kier alpha value is -3.15. The molecule has 1 saturated heterocycles. The number of benzene rings is 2. The predicted molar refractivity (Wildman–Crippen MR) is 113 cm³/mol. The van der Waals surface area contributed by atoms with Crippen molar-refractivity contribution in [1.29, 1.82) is 0 Å². The minimum atomic E-state index is -0.513. The van der Waals surface area contributed by atoms with E-state index in [1.54, 1.807) is 4.90 Å². The number of anilines is 1. The van der Waals surface area contributed by atoms with Crippen LogP contribution in [0.15, 0.2) is 48.5 Å². The first kappa shape index (κ1) is 20.1. The van der Waals surface area contributed by atoms with E-state index < -0.39 is 11.9 Å². The summed E-state index contributed by atoms with van der Waals surface area (Å²) < 4.78 is 5.18. The SMILES string of the molecule is O=C(COC(=O)C1CC(=O)N(CCc2ccccc2)C1)Nc1ccc2c(c1)CCC2. The molecule has 6 nitrogen and oxygen atoms in total. The molecule has 2 aromatic carbocycles. The molecule has 1 fully saturated rings. The molecule has 1 aliphatic heterocycles. The second kappa shape index (κ2) is 9.11. The van der Waals surface area contributed by atoms with E-state index in [2.05, 4.69) is 5.32 Å². The van der Waals surface area contributed by atoms with Crippen molar-refractivity contribution in [2.75, 3.05) is 25.0 Å². The number of nitrogens with zero attached hydrogens (tertiary/aromatic N) is 1. The second-order valence-corrected chi connectivity index (χ2v) is 7.97. The van der Waals surface area contributed by atoms with Gasteiger partial charge in [-0.3, -0.25) is 14.4 Å². The van der Waals surface area contributed by atoms with E-state index in [1.165, 1.54) is 11.1 Å². The quantitative estimate of drug-likeness (QED) is 0.718. The van der Waals surface area contributed by atoms with Crippen LogP contribution in [-0.2, 0) is 38.4 Å². The fourth-order valence-corrected chi connectivity index (χ4v) is 4.16. The third-order valence-electron chi connectivity index (χ3n) is 5.79. The van der Waals surface area contributed by atoms with Crippen LogP contribution < -0.4 is 5.32 Å². The smallest absolute Gasteiger partial charge is 0.311 e. The maximum atomic E-state index is 12.3. The van der Waals surface area contributed by atoms with Crippen LogP contribution in [-0.4, -0.2) is 42.4 Å². The number of carbonyl (C=O) groups excluding carboxylic acids is 3. The Balaban J connectivity index is 1.22. The van der Waals surface area contributed by atoms with Gasteiger partial charge in [0.1, 0.15) is 0 Å². The normalized spacial score (nSPS) is 17.7. The van der Waals surface area contributed by atoms with Gasteiger partial charge < -0.3 is 15.0 Å². The zero-order valence-corrected chi connectivity index (χ0v) is 16.9. The molecule has 1 aliphatic carbocycles. The molecular formula is C24H26N2O4. The summed E-state index contributed by atoms with van der Waals surface area (Å²) in [6, 6.07) is 15.8. The van der Waals surface area contributed by atoms with Gasteiger partial charge in [0, 0.05) is 25.2 Å². The lowest BCUT2D eigenvalue weighted by atomic mass is 10.1. The first-order chi connectivity index (χ1) is 14.6. The number of aryl methyl sites for hydroxylation is 2. The number of ether oxygens (including phenoxy) is 1. The largest absolute Gasteiger partial charge is 0.455 e. The maximum Gasteiger partial charge on any atom is 0.311 e. The molecule has 0 bridgehead atoms. The topological polar surface area (TPSA) is 75.7 Å². The third kappa shape index (κ3) is 4.87. The summed E-state index contributed by atoms with van der Waals surface area (Å²) in [7, 11) is 0. The van der Waals surface area contributed by atoms with Crippen molar-refractivity contribution in [3.05, 3.63) is 65.2 Å². The Morgan fingerprint density at radius 3 is 2.70 bits per heavy atom. The minimum Gasteiger partial charge on any atom is -0.455 e. The maximum absolute atomic E-state index is 12.3. The molecule has 156 valence electrons. The van der Waals surface area contributed by atoms with E-state index in [9.17, 15) is 14.4 Å². The van der Waals surface area contributed by atoms with Crippen molar-refractivity contribution in [2.45, 2.75) is 32.1 Å². The highest BCUT2D eigenvalue weighted by molar-refractivity contribution is 5.93. The molecule has 2 aromatic rings. The van der Waals surface area contributed by atoms with Gasteiger partial charge in [0.05, 0.1) is 5.92 Å². The zero-order chi connectivity index (χ0) is 20.9. The van der Waals surface area contributed by atoms with Crippen LogP contribution in [0.3, 0.4) is 0 Å². The Morgan fingerprint density at radius 1 is 1.07 bits per heavy atom. The summed E-state index contributed by atoms with van der Waals surface area (Å²) in [4.78, 5) is 38.4. The molecule has 1 unspecified atom stereocenters. The average Bonchev–Trinajstić information content (AvgIpc) is 3.37. The summed E-state index contributed by atoms with van der Waals surface area (Å²) in [6.07, 6.45) is 4.15.